The average Bonchev–Trinajstić information content (AvgIpc) is 3.00. The van der Waals surface area contributed by atoms with Crippen molar-refractivity contribution in [2.45, 2.75) is 110 Å². The number of methoxy groups -OCH3 is 1. The summed E-state index contributed by atoms with van der Waals surface area (Å²) >= 11 is 0. The molecule has 1 aliphatic heterocycles. The SMILES string of the molecule is COc1ccc(CO[C@H](C[C@@H]2CCC=C(C(C)(C)/C=C/CO[Si](C)(C)C(C)(C)C)O2)[C@@H](C)OCOCc2ccccc2)cc1. The number of hydrogen-bond acceptors (Lipinski definition) is 6. The zero-order valence-corrected chi connectivity index (χ0v) is 29.6. The second-order valence-corrected chi connectivity index (χ2v) is 18.6. The van der Waals surface area contributed by atoms with Crippen LogP contribution < -0.4 is 4.74 Å². The van der Waals surface area contributed by atoms with Crippen molar-refractivity contribution < 1.29 is 28.1 Å². The predicted molar refractivity (Wildman–Crippen MR) is 181 cm³/mol. The summed E-state index contributed by atoms with van der Waals surface area (Å²) in [6, 6.07) is 18.1. The Labute approximate surface area is 267 Å². The van der Waals surface area contributed by atoms with Crippen LogP contribution in [0.5, 0.6) is 5.75 Å². The summed E-state index contributed by atoms with van der Waals surface area (Å²) in [6.07, 6.45) is 8.93. The van der Waals surface area contributed by atoms with Crippen molar-refractivity contribution >= 4 is 8.32 Å². The lowest BCUT2D eigenvalue weighted by Gasteiger charge is -2.36. The Morgan fingerprint density at radius 2 is 1.61 bits per heavy atom. The molecule has 6 nitrogen and oxygen atoms in total. The van der Waals surface area contributed by atoms with Gasteiger partial charge in [0.2, 0.25) is 0 Å². The molecule has 0 radical (unpaired) electrons. The lowest BCUT2D eigenvalue weighted by Crippen LogP contribution is -2.40. The van der Waals surface area contributed by atoms with Gasteiger partial charge in [0.1, 0.15) is 24.4 Å². The van der Waals surface area contributed by atoms with E-state index in [0.29, 0.717) is 19.8 Å². The lowest BCUT2D eigenvalue weighted by molar-refractivity contribution is -0.147. The molecule has 1 heterocycles. The van der Waals surface area contributed by atoms with E-state index in [1.165, 1.54) is 0 Å². The molecule has 0 amide bonds. The Balaban J connectivity index is 1.60. The van der Waals surface area contributed by atoms with Gasteiger partial charge in [0, 0.05) is 11.8 Å². The van der Waals surface area contributed by atoms with E-state index >= 15 is 0 Å². The molecule has 0 unspecified atom stereocenters. The van der Waals surface area contributed by atoms with Gasteiger partial charge in [0.25, 0.3) is 0 Å². The molecule has 44 heavy (non-hydrogen) atoms. The minimum absolute atomic E-state index is 0.0308. The van der Waals surface area contributed by atoms with Crippen LogP contribution in [0.25, 0.3) is 0 Å². The Morgan fingerprint density at radius 3 is 2.27 bits per heavy atom. The van der Waals surface area contributed by atoms with Crippen molar-refractivity contribution in [3.05, 3.63) is 89.7 Å². The van der Waals surface area contributed by atoms with Gasteiger partial charge in [-0.25, -0.2) is 0 Å². The molecule has 3 rings (SSSR count). The topological polar surface area (TPSA) is 55.4 Å². The van der Waals surface area contributed by atoms with Crippen LogP contribution in [0, 0.1) is 5.41 Å². The minimum Gasteiger partial charge on any atom is -0.497 e. The summed E-state index contributed by atoms with van der Waals surface area (Å²) < 4.78 is 36.8. The van der Waals surface area contributed by atoms with Crippen LogP contribution >= 0.6 is 0 Å². The maximum Gasteiger partial charge on any atom is 0.192 e. The summed E-state index contributed by atoms with van der Waals surface area (Å²) in [5.74, 6) is 1.83. The van der Waals surface area contributed by atoms with Crippen LogP contribution in [0.1, 0.15) is 71.9 Å². The second kappa shape index (κ2) is 16.8. The molecule has 0 saturated heterocycles. The van der Waals surface area contributed by atoms with Gasteiger partial charge in [0.05, 0.1) is 39.1 Å². The van der Waals surface area contributed by atoms with Gasteiger partial charge in [-0.15, -0.1) is 0 Å². The molecule has 0 N–H and O–H groups in total. The number of hydrogen-bond donors (Lipinski definition) is 0. The molecule has 2 aromatic carbocycles. The molecule has 244 valence electrons. The first-order valence-electron chi connectivity index (χ1n) is 16.0. The summed E-state index contributed by atoms with van der Waals surface area (Å²) in [6.45, 7) is 19.7. The normalized spacial score (nSPS) is 17.7. The van der Waals surface area contributed by atoms with Crippen molar-refractivity contribution in [1.82, 2.24) is 0 Å². The molecule has 0 aromatic heterocycles. The molecule has 0 aliphatic carbocycles. The van der Waals surface area contributed by atoms with E-state index in [2.05, 4.69) is 72.9 Å². The molecule has 0 bridgehead atoms. The molecule has 0 fully saturated rings. The van der Waals surface area contributed by atoms with E-state index in [9.17, 15) is 0 Å². The molecular weight excluding hydrogens is 568 g/mol. The van der Waals surface area contributed by atoms with E-state index in [-0.39, 0.29) is 35.6 Å². The summed E-state index contributed by atoms with van der Waals surface area (Å²) in [4.78, 5) is 0. The fourth-order valence-electron chi connectivity index (χ4n) is 4.74. The average molecular weight is 625 g/mol. The highest BCUT2D eigenvalue weighted by Crippen LogP contribution is 2.38. The fourth-order valence-corrected chi connectivity index (χ4v) is 5.69. The van der Waals surface area contributed by atoms with Crippen LogP contribution in [-0.2, 0) is 36.6 Å². The van der Waals surface area contributed by atoms with E-state index < -0.39 is 8.32 Å². The quantitative estimate of drug-likeness (QED) is 0.0757. The third kappa shape index (κ3) is 11.5. The Morgan fingerprint density at radius 1 is 0.932 bits per heavy atom. The third-order valence-corrected chi connectivity index (χ3v) is 13.3. The van der Waals surface area contributed by atoms with Crippen molar-refractivity contribution in [2.24, 2.45) is 5.41 Å². The van der Waals surface area contributed by atoms with Crippen molar-refractivity contribution in [3.8, 4) is 5.75 Å². The van der Waals surface area contributed by atoms with Crippen LogP contribution in [-0.4, -0.2) is 47.1 Å². The number of rotatable bonds is 17. The predicted octanol–water partition coefficient (Wildman–Crippen LogP) is 9.22. The van der Waals surface area contributed by atoms with Crippen molar-refractivity contribution in [1.29, 1.82) is 0 Å². The lowest BCUT2D eigenvalue weighted by atomic mass is 9.87. The highest BCUT2D eigenvalue weighted by Gasteiger charge is 2.37. The van der Waals surface area contributed by atoms with E-state index in [1.54, 1.807) is 7.11 Å². The zero-order valence-electron chi connectivity index (χ0n) is 28.6. The third-order valence-electron chi connectivity index (χ3n) is 8.80. The van der Waals surface area contributed by atoms with Gasteiger partial charge >= 0.3 is 0 Å². The van der Waals surface area contributed by atoms with Gasteiger partial charge in [-0.2, -0.15) is 0 Å². The van der Waals surface area contributed by atoms with Crippen molar-refractivity contribution in [2.75, 3.05) is 20.5 Å². The van der Waals surface area contributed by atoms with E-state index in [0.717, 1.165) is 41.9 Å². The number of ether oxygens (including phenoxy) is 5. The largest absolute Gasteiger partial charge is 0.497 e. The van der Waals surface area contributed by atoms with Crippen LogP contribution in [0.2, 0.25) is 18.1 Å². The van der Waals surface area contributed by atoms with E-state index in [1.807, 2.05) is 54.6 Å². The molecular formula is C37H56O6Si. The van der Waals surface area contributed by atoms with Crippen LogP contribution in [0.4, 0.5) is 0 Å². The fraction of sp³-hybridized carbons (Fsp3) is 0.568. The van der Waals surface area contributed by atoms with Gasteiger partial charge < -0.3 is 28.1 Å². The molecule has 1 aliphatic rings. The highest BCUT2D eigenvalue weighted by atomic mass is 28.4. The molecule has 7 heteroatoms. The summed E-state index contributed by atoms with van der Waals surface area (Å²) in [5, 5.41) is 0.194. The van der Waals surface area contributed by atoms with Gasteiger partial charge in [-0.05, 0) is 81.1 Å². The molecule has 0 saturated carbocycles. The maximum absolute atomic E-state index is 6.64. The van der Waals surface area contributed by atoms with Crippen LogP contribution in [0.3, 0.4) is 0 Å². The van der Waals surface area contributed by atoms with Gasteiger partial charge in [-0.1, -0.05) is 75.4 Å². The van der Waals surface area contributed by atoms with Gasteiger partial charge in [0.15, 0.2) is 8.32 Å². The van der Waals surface area contributed by atoms with E-state index in [4.69, 9.17) is 28.1 Å². The monoisotopic (exact) mass is 624 g/mol. The molecule has 2 aromatic rings. The number of benzene rings is 2. The minimum atomic E-state index is -1.79. The Bertz CT molecular complexity index is 1170. The first kappa shape index (κ1) is 36.0. The Kier molecular flexibility index (Phi) is 13.7. The summed E-state index contributed by atoms with van der Waals surface area (Å²) in [5.41, 5.74) is 1.97. The standard InChI is InChI=1S/C37H56O6Si/c1-29(41-28-39-26-30-15-11-10-12-16-30)34(40-27-31-19-21-32(38-7)22-20-31)25-33-17-13-18-35(43-33)37(5,6)23-14-24-42-44(8,9)36(2,3)4/h10-12,14-16,18-23,29,33-34H,13,17,24-28H2,1-9H3/b23-14+/t29-,33+,34-/m1/s1. The molecule has 0 spiro atoms. The van der Waals surface area contributed by atoms with Gasteiger partial charge in [-0.3, -0.25) is 0 Å². The zero-order chi connectivity index (χ0) is 32.2. The first-order valence-corrected chi connectivity index (χ1v) is 18.9. The van der Waals surface area contributed by atoms with Crippen molar-refractivity contribution in [3.63, 3.8) is 0 Å². The summed E-state index contributed by atoms with van der Waals surface area (Å²) in [7, 11) is -0.112. The maximum atomic E-state index is 6.64. The Hall–Kier alpha value is -2.42. The second-order valence-electron chi connectivity index (χ2n) is 13.8. The number of allylic oxidation sites excluding steroid dienone is 2. The smallest absolute Gasteiger partial charge is 0.192 e. The highest BCUT2D eigenvalue weighted by molar-refractivity contribution is 6.74. The first-order chi connectivity index (χ1) is 20.8. The molecule has 3 atom stereocenters. The van der Waals surface area contributed by atoms with Crippen LogP contribution in [0.15, 0.2) is 78.6 Å².